The second-order valence-electron chi connectivity index (χ2n) is 8.40. The Morgan fingerprint density at radius 1 is 1.17 bits per heavy atom. The van der Waals surface area contributed by atoms with Crippen molar-refractivity contribution in [3.63, 3.8) is 0 Å². The summed E-state index contributed by atoms with van der Waals surface area (Å²) >= 11 is 0. The van der Waals surface area contributed by atoms with E-state index in [0.717, 1.165) is 55.6 Å². The van der Waals surface area contributed by atoms with Gasteiger partial charge in [0.05, 0.1) is 36.6 Å². The summed E-state index contributed by atoms with van der Waals surface area (Å²) in [5.41, 5.74) is 3.89. The summed E-state index contributed by atoms with van der Waals surface area (Å²) < 4.78 is 1.82. The zero-order valence-electron chi connectivity index (χ0n) is 17.1. The maximum atomic E-state index is 13.1. The Labute approximate surface area is 175 Å². The minimum Gasteiger partial charge on any atom is -0.272 e. The van der Waals surface area contributed by atoms with Crippen LogP contribution in [0, 0.1) is 18.8 Å². The third kappa shape index (κ3) is 3.79. The third-order valence-corrected chi connectivity index (χ3v) is 6.26. The molecular formula is C22H26N6O2. The number of aromatic nitrogens is 5. The fourth-order valence-corrected chi connectivity index (χ4v) is 4.71. The first kappa shape index (κ1) is 19.1. The third-order valence-electron chi connectivity index (χ3n) is 6.26. The lowest BCUT2D eigenvalue weighted by Crippen LogP contribution is -2.37. The molecule has 0 radical (unpaired) electrons. The molecule has 0 N–H and O–H groups in total. The predicted molar refractivity (Wildman–Crippen MR) is 109 cm³/mol. The summed E-state index contributed by atoms with van der Waals surface area (Å²) in [6.07, 6.45) is 14.5. The molecule has 2 aliphatic rings. The van der Waals surface area contributed by atoms with E-state index in [0.29, 0.717) is 12.5 Å². The van der Waals surface area contributed by atoms with Crippen molar-refractivity contribution in [3.8, 4) is 0 Å². The van der Waals surface area contributed by atoms with E-state index >= 15 is 0 Å². The topological polar surface area (TPSA) is 85.5 Å². The Morgan fingerprint density at radius 2 is 2.03 bits per heavy atom. The van der Waals surface area contributed by atoms with Crippen LogP contribution in [-0.4, -0.2) is 42.1 Å². The van der Waals surface area contributed by atoms with Crippen molar-refractivity contribution in [1.29, 1.82) is 0 Å². The Kier molecular flexibility index (Phi) is 5.16. The molecule has 0 bridgehead atoms. The maximum Gasteiger partial charge on any atom is 0.249 e. The summed E-state index contributed by atoms with van der Waals surface area (Å²) in [6, 6.07) is 2.00. The van der Waals surface area contributed by atoms with E-state index in [1.807, 2.05) is 23.8 Å². The molecule has 1 amide bonds. The number of fused-ring (bicyclic) bond motifs is 1. The SMILES string of the molecule is Cc1cn2ncc(CC3CCC(C(=O)N4OCC[C@H]4c4cnccn4)CC3)cc2n1. The van der Waals surface area contributed by atoms with Gasteiger partial charge in [-0.05, 0) is 56.6 Å². The maximum absolute atomic E-state index is 13.1. The van der Waals surface area contributed by atoms with Gasteiger partial charge < -0.3 is 0 Å². The van der Waals surface area contributed by atoms with Crippen LogP contribution >= 0.6 is 0 Å². The van der Waals surface area contributed by atoms with Gasteiger partial charge >= 0.3 is 0 Å². The summed E-state index contributed by atoms with van der Waals surface area (Å²) in [4.78, 5) is 31.8. The number of rotatable bonds is 4. The van der Waals surface area contributed by atoms with Gasteiger partial charge in [0.15, 0.2) is 5.65 Å². The van der Waals surface area contributed by atoms with E-state index < -0.39 is 0 Å². The second-order valence-corrected chi connectivity index (χ2v) is 8.40. The quantitative estimate of drug-likeness (QED) is 0.662. The number of nitrogens with zero attached hydrogens (tertiary/aromatic N) is 6. The van der Waals surface area contributed by atoms with E-state index in [1.54, 1.807) is 23.7 Å². The lowest BCUT2D eigenvalue weighted by Gasteiger charge is -2.31. The summed E-state index contributed by atoms with van der Waals surface area (Å²) in [6.45, 7) is 2.52. The van der Waals surface area contributed by atoms with Gasteiger partial charge in [0, 0.05) is 24.7 Å². The van der Waals surface area contributed by atoms with E-state index in [-0.39, 0.29) is 17.9 Å². The van der Waals surface area contributed by atoms with Crippen molar-refractivity contribution < 1.29 is 9.63 Å². The molecule has 2 fully saturated rings. The lowest BCUT2D eigenvalue weighted by atomic mass is 9.79. The number of hydrogen-bond acceptors (Lipinski definition) is 6. The molecule has 3 aromatic rings. The van der Waals surface area contributed by atoms with Crippen molar-refractivity contribution in [1.82, 2.24) is 29.6 Å². The van der Waals surface area contributed by atoms with Gasteiger partial charge in [0.25, 0.3) is 0 Å². The fraction of sp³-hybridized carbons (Fsp3) is 0.500. The van der Waals surface area contributed by atoms with Crippen LogP contribution in [0.4, 0.5) is 0 Å². The van der Waals surface area contributed by atoms with Gasteiger partial charge in [-0.25, -0.2) is 14.6 Å². The summed E-state index contributed by atoms with van der Waals surface area (Å²) in [5.74, 6) is 0.691. The van der Waals surface area contributed by atoms with Crippen molar-refractivity contribution in [2.45, 2.75) is 51.5 Å². The summed E-state index contributed by atoms with van der Waals surface area (Å²) in [5, 5.41) is 6.03. The first-order valence-corrected chi connectivity index (χ1v) is 10.7. The molecule has 0 unspecified atom stereocenters. The molecule has 1 saturated heterocycles. The minimum atomic E-state index is -0.125. The number of amides is 1. The van der Waals surface area contributed by atoms with Crippen LogP contribution in [-0.2, 0) is 16.1 Å². The van der Waals surface area contributed by atoms with Gasteiger partial charge in [-0.1, -0.05) is 0 Å². The number of hydroxylamine groups is 2. The average molecular weight is 406 g/mol. The highest BCUT2D eigenvalue weighted by molar-refractivity contribution is 5.78. The van der Waals surface area contributed by atoms with Gasteiger partial charge in [-0.3, -0.25) is 19.6 Å². The smallest absolute Gasteiger partial charge is 0.249 e. The van der Waals surface area contributed by atoms with E-state index in [4.69, 9.17) is 4.84 Å². The van der Waals surface area contributed by atoms with E-state index in [2.05, 4.69) is 26.1 Å². The number of carbonyl (C=O) groups is 1. The molecule has 3 aromatic heterocycles. The van der Waals surface area contributed by atoms with Crippen molar-refractivity contribution in [2.75, 3.05) is 6.61 Å². The molecule has 5 rings (SSSR count). The van der Waals surface area contributed by atoms with Crippen LogP contribution in [0.2, 0.25) is 0 Å². The number of carbonyl (C=O) groups excluding carboxylic acids is 1. The molecule has 1 atom stereocenters. The Hall–Kier alpha value is -2.87. The zero-order chi connectivity index (χ0) is 20.5. The van der Waals surface area contributed by atoms with Crippen LogP contribution in [0.1, 0.15) is 55.1 Å². The average Bonchev–Trinajstić information content (AvgIpc) is 3.40. The molecule has 0 aromatic carbocycles. The Bertz CT molecular complexity index is 1030. The molecule has 4 heterocycles. The molecule has 1 saturated carbocycles. The van der Waals surface area contributed by atoms with Crippen molar-refractivity contribution >= 4 is 11.6 Å². The monoisotopic (exact) mass is 406 g/mol. The second kappa shape index (κ2) is 8.10. The number of imidazole rings is 1. The highest BCUT2D eigenvalue weighted by Crippen LogP contribution is 2.36. The largest absolute Gasteiger partial charge is 0.272 e. The van der Waals surface area contributed by atoms with E-state index in [1.165, 1.54) is 5.56 Å². The molecule has 156 valence electrons. The van der Waals surface area contributed by atoms with E-state index in [9.17, 15) is 4.79 Å². The van der Waals surface area contributed by atoms with Gasteiger partial charge in [0.2, 0.25) is 5.91 Å². The van der Waals surface area contributed by atoms with Crippen molar-refractivity contribution in [2.24, 2.45) is 11.8 Å². The molecule has 8 heteroatoms. The molecule has 1 aliphatic carbocycles. The standard InChI is InChI=1S/C22H26N6O2/c1-15-14-27-21(26-15)11-17(12-25-27)10-16-2-4-18(5-3-16)22(29)28-20(6-9-30-28)19-13-23-7-8-24-19/h7-8,11-14,16,18,20H,2-6,9-10H2,1H3/t16?,18?,20-/m0/s1. The first-order chi connectivity index (χ1) is 14.7. The van der Waals surface area contributed by atoms with Crippen LogP contribution in [0.5, 0.6) is 0 Å². The molecule has 8 nitrogen and oxygen atoms in total. The molecule has 1 aliphatic heterocycles. The van der Waals surface area contributed by atoms with Crippen LogP contribution in [0.25, 0.3) is 5.65 Å². The van der Waals surface area contributed by atoms with Gasteiger partial charge in [0.1, 0.15) is 6.04 Å². The highest BCUT2D eigenvalue weighted by atomic mass is 16.7. The zero-order valence-corrected chi connectivity index (χ0v) is 17.1. The highest BCUT2D eigenvalue weighted by Gasteiger charge is 2.37. The molecule has 30 heavy (non-hydrogen) atoms. The van der Waals surface area contributed by atoms with Crippen molar-refractivity contribution in [3.05, 3.63) is 54.0 Å². The van der Waals surface area contributed by atoms with Crippen LogP contribution < -0.4 is 0 Å². The molecular weight excluding hydrogens is 380 g/mol. The number of hydrogen-bond donors (Lipinski definition) is 0. The van der Waals surface area contributed by atoms with Gasteiger partial charge in [-0.2, -0.15) is 5.10 Å². The molecule has 0 spiro atoms. The Morgan fingerprint density at radius 3 is 2.83 bits per heavy atom. The summed E-state index contributed by atoms with van der Waals surface area (Å²) in [7, 11) is 0. The van der Waals surface area contributed by atoms with Crippen LogP contribution in [0.15, 0.2) is 37.1 Å². The first-order valence-electron chi connectivity index (χ1n) is 10.7. The Balaban J connectivity index is 1.19. The minimum absolute atomic E-state index is 0.0223. The van der Waals surface area contributed by atoms with Crippen LogP contribution in [0.3, 0.4) is 0 Å². The fourth-order valence-electron chi connectivity index (χ4n) is 4.71. The predicted octanol–water partition coefficient (Wildman–Crippen LogP) is 3.08. The van der Waals surface area contributed by atoms with Gasteiger partial charge in [-0.15, -0.1) is 0 Å². The lowest BCUT2D eigenvalue weighted by molar-refractivity contribution is -0.183. The normalized spacial score (nSPS) is 24.4. The number of aryl methyl sites for hydroxylation is 1.